The molecule has 0 bridgehead atoms. The van der Waals surface area contributed by atoms with Gasteiger partial charge in [0.25, 0.3) is 5.91 Å². The number of nitrogens with one attached hydrogen (secondary N) is 2. The second-order valence-electron chi connectivity index (χ2n) is 6.12. The number of hydroxylamine groups is 1. The van der Waals surface area contributed by atoms with Gasteiger partial charge in [-0.2, -0.15) is 0 Å². The third kappa shape index (κ3) is 3.69. The van der Waals surface area contributed by atoms with Crippen molar-refractivity contribution in [1.82, 2.24) is 10.8 Å². The van der Waals surface area contributed by atoms with Crippen molar-refractivity contribution in [2.45, 2.75) is 64.5 Å². The lowest BCUT2D eigenvalue weighted by molar-refractivity contribution is -0.138. The van der Waals surface area contributed by atoms with E-state index in [2.05, 4.69) is 24.6 Å². The number of carbonyl (C=O) groups excluding carboxylic acids is 1. The second-order valence-corrected chi connectivity index (χ2v) is 6.12. The van der Waals surface area contributed by atoms with Crippen molar-refractivity contribution >= 4 is 5.91 Å². The summed E-state index contributed by atoms with van der Waals surface area (Å²) in [5.74, 6) is 1.23. The molecule has 2 fully saturated rings. The van der Waals surface area contributed by atoms with Gasteiger partial charge in [-0.1, -0.05) is 26.7 Å². The lowest BCUT2D eigenvalue weighted by atomic mass is 9.78. The number of hydrogen-bond donors (Lipinski definition) is 2. The van der Waals surface area contributed by atoms with Crippen molar-refractivity contribution in [3.05, 3.63) is 0 Å². The third-order valence-electron chi connectivity index (χ3n) is 4.06. The second kappa shape index (κ2) is 6.53. The maximum absolute atomic E-state index is 12.0. The Bertz CT molecular complexity index is 281. The van der Waals surface area contributed by atoms with Crippen LogP contribution in [0.5, 0.6) is 0 Å². The Hall–Kier alpha value is -0.610. The standard InChI is InChI=1S/C14H26N2O2/c1-10(2)9-18-16-14(17)13-8-7-11-5-3-4-6-12(11)15-13/h10-13,15H,3-9H2,1-2H3,(H,16,17). The SMILES string of the molecule is CC(C)CONC(=O)C1CCC2CCCCC2N1. The van der Waals surface area contributed by atoms with Crippen LogP contribution in [0, 0.1) is 11.8 Å². The first-order chi connectivity index (χ1) is 8.66. The molecule has 1 aliphatic carbocycles. The van der Waals surface area contributed by atoms with Gasteiger partial charge in [0.15, 0.2) is 0 Å². The molecule has 0 aromatic carbocycles. The molecule has 3 atom stereocenters. The number of piperidine rings is 1. The smallest absolute Gasteiger partial charge is 0.260 e. The quantitative estimate of drug-likeness (QED) is 0.754. The van der Waals surface area contributed by atoms with E-state index in [0.717, 1.165) is 12.3 Å². The molecular formula is C14H26N2O2. The van der Waals surface area contributed by atoms with Crippen molar-refractivity contribution in [3.8, 4) is 0 Å². The monoisotopic (exact) mass is 254 g/mol. The molecule has 1 saturated carbocycles. The van der Waals surface area contributed by atoms with E-state index in [1.165, 1.54) is 32.1 Å². The van der Waals surface area contributed by atoms with Crippen LogP contribution >= 0.6 is 0 Å². The molecule has 18 heavy (non-hydrogen) atoms. The van der Waals surface area contributed by atoms with Gasteiger partial charge in [-0.3, -0.25) is 9.63 Å². The summed E-state index contributed by atoms with van der Waals surface area (Å²) in [5, 5.41) is 3.50. The van der Waals surface area contributed by atoms with Gasteiger partial charge in [0.2, 0.25) is 0 Å². The number of rotatable bonds is 4. The fourth-order valence-corrected chi connectivity index (χ4v) is 3.05. The Morgan fingerprint density at radius 1 is 1.28 bits per heavy atom. The minimum atomic E-state index is -0.0588. The summed E-state index contributed by atoms with van der Waals surface area (Å²) >= 11 is 0. The van der Waals surface area contributed by atoms with Crippen molar-refractivity contribution < 1.29 is 9.63 Å². The summed E-state index contributed by atoms with van der Waals surface area (Å²) in [6.45, 7) is 4.71. The minimum absolute atomic E-state index is 0.000302. The molecule has 1 aliphatic heterocycles. The normalized spacial score (nSPS) is 32.1. The average Bonchev–Trinajstić information content (AvgIpc) is 2.37. The van der Waals surface area contributed by atoms with E-state index in [1.807, 2.05) is 0 Å². The fraction of sp³-hybridized carbons (Fsp3) is 0.929. The van der Waals surface area contributed by atoms with Crippen molar-refractivity contribution in [2.75, 3.05) is 6.61 Å². The van der Waals surface area contributed by atoms with Crippen LogP contribution in [0.2, 0.25) is 0 Å². The van der Waals surface area contributed by atoms with E-state index in [1.54, 1.807) is 0 Å². The van der Waals surface area contributed by atoms with Crippen LogP contribution in [0.1, 0.15) is 52.4 Å². The Kier molecular flexibility index (Phi) is 5.01. The molecule has 1 saturated heterocycles. The van der Waals surface area contributed by atoms with Crippen LogP contribution in [0.15, 0.2) is 0 Å². The minimum Gasteiger partial charge on any atom is -0.303 e. The summed E-state index contributed by atoms with van der Waals surface area (Å²) in [6.07, 6.45) is 7.33. The number of hydrogen-bond acceptors (Lipinski definition) is 3. The fourth-order valence-electron chi connectivity index (χ4n) is 3.05. The predicted octanol–water partition coefficient (Wildman–Crippen LogP) is 2.00. The molecule has 2 N–H and O–H groups in total. The maximum atomic E-state index is 12.0. The predicted molar refractivity (Wildman–Crippen MR) is 70.8 cm³/mol. The molecule has 1 amide bonds. The topological polar surface area (TPSA) is 50.4 Å². The van der Waals surface area contributed by atoms with Crippen LogP contribution in [0.3, 0.4) is 0 Å². The van der Waals surface area contributed by atoms with E-state index < -0.39 is 0 Å². The van der Waals surface area contributed by atoms with Crippen LogP contribution in [0.25, 0.3) is 0 Å². The number of carbonyl (C=O) groups is 1. The molecule has 0 aromatic heterocycles. The van der Waals surface area contributed by atoms with Crippen LogP contribution in [-0.4, -0.2) is 24.6 Å². The first-order valence-corrected chi connectivity index (χ1v) is 7.34. The molecule has 2 rings (SSSR count). The molecule has 104 valence electrons. The van der Waals surface area contributed by atoms with Gasteiger partial charge >= 0.3 is 0 Å². The van der Waals surface area contributed by atoms with Gasteiger partial charge in [-0.05, 0) is 37.5 Å². The third-order valence-corrected chi connectivity index (χ3v) is 4.06. The van der Waals surface area contributed by atoms with E-state index in [-0.39, 0.29) is 11.9 Å². The molecule has 0 aromatic rings. The highest BCUT2D eigenvalue weighted by atomic mass is 16.7. The van der Waals surface area contributed by atoms with Gasteiger partial charge in [-0.15, -0.1) is 0 Å². The zero-order chi connectivity index (χ0) is 13.0. The number of fused-ring (bicyclic) bond motifs is 1. The highest BCUT2D eigenvalue weighted by Gasteiger charge is 2.34. The van der Waals surface area contributed by atoms with Gasteiger partial charge in [0.1, 0.15) is 0 Å². The zero-order valence-electron chi connectivity index (χ0n) is 11.6. The van der Waals surface area contributed by atoms with E-state index in [0.29, 0.717) is 18.6 Å². The van der Waals surface area contributed by atoms with E-state index >= 15 is 0 Å². The highest BCUT2D eigenvalue weighted by Crippen LogP contribution is 2.32. The molecule has 3 unspecified atom stereocenters. The molecule has 0 spiro atoms. The highest BCUT2D eigenvalue weighted by molar-refractivity contribution is 5.80. The Morgan fingerprint density at radius 3 is 2.83 bits per heavy atom. The van der Waals surface area contributed by atoms with Gasteiger partial charge in [0.05, 0.1) is 12.6 Å². The van der Waals surface area contributed by atoms with Crippen LogP contribution in [-0.2, 0) is 9.63 Å². The van der Waals surface area contributed by atoms with Crippen LogP contribution in [0.4, 0.5) is 0 Å². The first kappa shape index (κ1) is 13.8. The van der Waals surface area contributed by atoms with Gasteiger partial charge in [0, 0.05) is 6.04 Å². The Morgan fingerprint density at radius 2 is 2.06 bits per heavy atom. The summed E-state index contributed by atoms with van der Waals surface area (Å²) in [7, 11) is 0. The van der Waals surface area contributed by atoms with Crippen molar-refractivity contribution in [1.29, 1.82) is 0 Å². The molecule has 4 heteroatoms. The summed E-state index contributed by atoms with van der Waals surface area (Å²) in [6, 6.07) is 0.491. The molecule has 4 nitrogen and oxygen atoms in total. The average molecular weight is 254 g/mol. The van der Waals surface area contributed by atoms with Crippen LogP contribution < -0.4 is 10.8 Å². The van der Waals surface area contributed by atoms with Gasteiger partial charge < -0.3 is 5.32 Å². The summed E-state index contributed by atoms with van der Waals surface area (Å²) < 4.78 is 0. The molecule has 1 heterocycles. The van der Waals surface area contributed by atoms with Crippen molar-refractivity contribution in [3.63, 3.8) is 0 Å². The number of amides is 1. The molecule has 0 radical (unpaired) electrons. The van der Waals surface area contributed by atoms with E-state index in [4.69, 9.17) is 4.84 Å². The Balaban J connectivity index is 1.74. The van der Waals surface area contributed by atoms with Gasteiger partial charge in [-0.25, -0.2) is 5.48 Å². The summed E-state index contributed by atoms with van der Waals surface area (Å²) in [5.41, 5.74) is 2.58. The maximum Gasteiger partial charge on any atom is 0.260 e. The lowest BCUT2D eigenvalue weighted by Gasteiger charge is -2.39. The first-order valence-electron chi connectivity index (χ1n) is 7.34. The Labute approximate surface area is 110 Å². The lowest BCUT2D eigenvalue weighted by Crippen LogP contribution is -2.54. The van der Waals surface area contributed by atoms with Crippen molar-refractivity contribution in [2.24, 2.45) is 11.8 Å². The summed E-state index contributed by atoms with van der Waals surface area (Å²) in [4.78, 5) is 17.2. The van der Waals surface area contributed by atoms with E-state index in [9.17, 15) is 4.79 Å². The molecular weight excluding hydrogens is 228 g/mol. The zero-order valence-corrected chi connectivity index (χ0v) is 11.6. The largest absolute Gasteiger partial charge is 0.303 e. The molecule has 2 aliphatic rings.